The third kappa shape index (κ3) is 4.30. The first-order valence-corrected chi connectivity index (χ1v) is 10.1. The molecule has 1 aromatic rings. The average Bonchev–Trinajstić information content (AvgIpc) is 2.48. The van der Waals surface area contributed by atoms with Gasteiger partial charge < -0.3 is 9.84 Å². The highest BCUT2D eigenvalue weighted by Crippen LogP contribution is 2.44. The first-order valence-electron chi connectivity index (χ1n) is 8.98. The van der Waals surface area contributed by atoms with Gasteiger partial charge in [-0.1, -0.05) is 19.9 Å². The predicted molar refractivity (Wildman–Crippen MR) is 105 cm³/mol. The summed E-state index contributed by atoms with van der Waals surface area (Å²) in [5, 5.41) is 10.5. The zero-order valence-corrected chi connectivity index (χ0v) is 16.6. The summed E-state index contributed by atoms with van der Waals surface area (Å²) in [5.41, 5.74) is 3.15. The molecule has 1 aliphatic rings. The quantitative estimate of drug-likeness (QED) is 0.518. The Bertz CT molecular complexity index is 590. The third-order valence-corrected chi connectivity index (χ3v) is 6.16. The summed E-state index contributed by atoms with van der Waals surface area (Å²) in [6, 6.07) is 1.94. The highest BCUT2D eigenvalue weighted by molar-refractivity contribution is 7.99. The maximum Gasteiger partial charge on any atom is 0.126 e. The van der Waals surface area contributed by atoms with Crippen LogP contribution in [-0.2, 0) is 12.8 Å². The van der Waals surface area contributed by atoms with Crippen molar-refractivity contribution in [2.24, 2.45) is 11.8 Å². The molecule has 1 atom stereocenters. The molecule has 3 heteroatoms. The van der Waals surface area contributed by atoms with Crippen LogP contribution in [-0.4, -0.2) is 22.2 Å². The van der Waals surface area contributed by atoms with Gasteiger partial charge in [-0.05, 0) is 63.1 Å². The number of ether oxygens (including phenoxy) is 1. The summed E-state index contributed by atoms with van der Waals surface area (Å²) in [5.74, 6) is 4.53. The second kappa shape index (κ2) is 7.86. The van der Waals surface area contributed by atoms with E-state index in [9.17, 15) is 5.11 Å². The van der Waals surface area contributed by atoms with Gasteiger partial charge in [0.1, 0.15) is 17.1 Å². The fourth-order valence-corrected chi connectivity index (χ4v) is 4.45. The maximum atomic E-state index is 10.5. The molecule has 24 heavy (non-hydrogen) atoms. The zero-order valence-electron chi connectivity index (χ0n) is 15.8. The van der Waals surface area contributed by atoms with Crippen LogP contribution >= 0.6 is 11.8 Å². The van der Waals surface area contributed by atoms with Crippen LogP contribution in [0.5, 0.6) is 11.5 Å². The average molecular weight is 349 g/mol. The molecule has 1 heterocycles. The van der Waals surface area contributed by atoms with Gasteiger partial charge in [-0.25, -0.2) is 0 Å². The second-order valence-electron chi connectivity index (χ2n) is 7.85. The van der Waals surface area contributed by atoms with Gasteiger partial charge >= 0.3 is 0 Å². The van der Waals surface area contributed by atoms with Crippen LogP contribution in [0.1, 0.15) is 50.8 Å². The summed E-state index contributed by atoms with van der Waals surface area (Å²) < 4.78 is 6.45. The molecule has 0 aliphatic carbocycles. The minimum absolute atomic E-state index is 0.182. The smallest absolute Gasteiger partial charge is 0.126 e. The molecule has 1 unspecified atom stereocenters. The van der Waals surface area contributed by atoms with E-state index >= 15 is 0 Å². The van der Waals surface area contributed by atoms with Crippen LogP contribution in [0.2, 0.25) is 0 Å². The Kier molecular flexibility index (Phi) is 6.30. The molecule has 0 saturated heterocycles. The van der Waals surface area contributed by atoms with Crippen molar-refractivity contribution in [2.45, 2.75) is 59.5 Å². The minimum atomic E-state index is -0.182. The molecule has 0 amide bonds. The third-order valence-electron chi connectivity index (χ3n) is 5.05. The summed E-state index contributed by atoms with van der Waals surface area (Å²) in [7, 11) is 0. The maximum absolute atomic E-state index is 10.5. The molecule has 0 saturated carbocycles. The molecule has 1 N–H and O–H groups in total. The van der Waals surface area contributed by atoms with Gasteiger partial charge in [0.2, 0.25) is 0 Å². The molecule has 2 nitrogen and oxygen atoms in total. The molecular formula is C21H32O2S. The van der Waals surface area contributed by atoms with Crippen molar-refractivity contribution in [1.29, 1.82) is 0 Å². The van der Waals surface area contributed by atoms with Crippen LogP contribution in [0.25, 0.3) is 0 Å². The predicted octanol–water partition coefficient (Wildman–Crippen LogP) is 5.54. The van der Waals surface area contributed by atoms with Crippen LogP contribution < -0.4 is 4.74 Å². The van der Waals surface area contributed by atoms with Crippen molar-refractivity contribution in [3.63, 3.8) is 0 Å². The van der Waals surface area contributed by atoms with E-state index in [1.807, 2.05) is 23.9 Å². The number of phenols is 1. The van der Waals surface area contributed by atoms with E-state index in [1.165, 1.54) is 0 Å². The van der Waals surface area contributed by atoms with Gasteiger partial charge in [0.15, 0.2) is 0 Å². The van der Waals surface area contributed by atoms with Crippen molar-refractivity contribution in [1.82, 2.24) is 0 Å². The van der Waals surface area contributed by atoms with Crippen LogP contribution in [0.15, 0.2) is 18.7 Å². The lowest BCUT2D eigenvalue weighted by molar-refractivity contribution is 0.0366. The van der Waals surface area contributed by atoms with Crippen molar-refractivity contribution in [2.75, 3.05) is 11.5 Å². The Hall–Kier alpha value is -1.09. The van der Waals surface area contributed by atoms with E-state index in [0.717, 1.165) is 53.2 Å². The van der Waals surface area contributed by atoms with Crippen molar-refractivity contribution in [3.05, 3.63) is 35.4 Å². The van der Waals surface area contributed by atoms with E-state index < -0.39 is 0 Å². The second-order valence-corrected chi connectivity index (χ2v) is 8.93. The van der Waals surface area contributed by atoms with Gasteiger partial charge in [0.05, 0.1) is 0 Å². The molecule has 1 aromatic carbocycles. The van der Waals surface area contributed by atoms with E-state index in [0.29, 0.717) is 17.6 Å². The number of hydrogen-bond acceptors (Lipinski definition) is 3. The number of phenolic OH excluding ortho intramolecular Hbond substituents is 1. The Labute approximate surface area is 151 Å². The van der Waals surface area contributed by atoms with Gasteiger partial charge in [0, 0.05) is 23.0 Å². The fourth-order valence-electron chi connectivity index (χ4n) is 3.34. The number of aromatic hydroxyl groups is 1. The molecule has 0 bridgehead atoms. The summed E-state index contributed by atoms with van der Waals surface area (Å²) in [4.78, 5) is 0. The van der Waals surface area contributed by atoms with Gasteiger partial charge in [-0.15, -0.1) is 6.58 Å². The van der Waals surface area contributed by atoms with Gasteiger partial charge in [-0.2, -0.15) is 11.8 Å². The highest BCUT2D eigenvalue weighted by atomic mass is 32.2. The molecule has 0 fully saturated rings. The molecule has 134 valence electrons. The van der Waals surface area contributed by atoms with Crippen LogP contribution in [0, 0.1) is 18.8 Å². The minimum Gasteiger partial charge on any atom is -0.508 e. The topological polar surface area (TPSA) is 29.5 Å². The SMILES string of the molecule is C=CCSCC1Cc2cc(O)c(CCC(C)C)c(C)c2OC1(C)C. The molecule has 2 rings (SSSR count). The lowest BCUT2D eigenvalue weighted by atomic mass is 9.82. The summed E-state index contributed by atoms with van der Waals surface area (Å²) in [6.07, 6.45) is 4.90. The Morgan fingerprint density at radius 3 is 2.79 bits per heavy atom. The molecular weight excluding hydrogens is 316 g/mol. The first-order chi connectivity index (χ1) is 11.3. The summed E-state index contributed by atoms with van der Waals surface area (Å²) in [6.45, 7) is 14.7. The lowest BCUT2D eigenvalue weighted by Crippen LogP contribution is -2.43. The zero-order chi connectivity index (χ0) is 17.9. The normalized spacial score (nSPS) is 19.0. The Balaban J connectivity index is 2.27. The van der Waals surface area contributed by atoms with E-state index in [1.54, 1.807) is 0 Å². The molecule has 1 aliphatic heterocycles. The van der Waals surface area contributed by atoms with Crippen molar-refractivity contribution in [3.8, 4) is 11.5 Å². The number of fused-ring (bicyclic) bond motifs is 1. The van der Waals surface area contributed by atoms with E-state index in [4.69, 9.17) is 4.74 Å². The monoisotopic (exact) mass is 348 g/mol. The van der Waals surface area contributed by atoms with Gasteiger partial charge in [0.25, 0.3) is 0 Å². The van der Waals surface area contributed by atoms with E-state index in [-0.39, 0.29) is 5.60 Å². The number of benzene rings is 1. The number of rotatable bonds is 7. The molecule has 0 spiro atoms. The van der Waals surface area contributed by atoms with E-state index in [2.05, 4.69) is 41.2 Å². The number of thioether (sulfide) groups is 1. The first kappa shape index (κ1) is 19.2. The van der Waals surface area contributed by atoms with Crippen molar-refractivity contribution < 1.29 is 9.84 Å². The Morgan fingerprint density at radius 2 is 2.17 bits per heavy atom. The number of hydrogen-bond donors (Lipinski definition) is 1. The standard InChI is InChI=1S/C21H32O2S/c1-7-10-24-13-17-11-16-12-19(22)18(9-8-14(2)3)15(4)20(16)23-21(17,5)6/h7,12,14,17,22H,1,8-11,13H2,2-6H3. The van der Waals surface area contributed by atoms with Crippen LogP contribution in [0.3, 0.4) is 0 Å². The van der Waals surface area contributed by atoms with Gasteiger partial charge in [-0.3, -0.25) is 0 Å². The molecule has 0 radical (unpaired) electrons. The largest absolute Gasteiger partial charge is 0.508 e. The highest BCUT2D eigenvalue weighted by Gasteiger charge is 2.38. The molecule has 0 aromatic heterocycles. The van der Waals surface area contributed by atoms with Crippen molar-refractivity contribution >= 4 is 11.8 Å². The fraction of sp³-hybridized carbons (Fsp3) is 0.619. The Morgan fingerprint density at radius 1 is 1.46 bits per heavy atom. The van der Waals surface area contributed by atoms with Crippen LogP contribution in [0.4, 0.5) is 0 Å². The summed E-state index contributed by atoms with van der Waals surface area (Å²) >= 11 is 1.90. The lowest BCUT2D eigenvalue weighted by Gasteiger charge is -2.41.